The number of imidazole rings is 1. The van der Waals surface area contributed by atoms with Crippen LogP contribution in [-0.2, 0) is 11.2 Å². The van der Waals surface area contributed by atoms with Crippen molar-refractivity contribution in [3.05, 3.63) is 59.8 Å². The normalized spacial score (nSPS) is 22.2. The van der Waals surface area contributed by atoms with Gasteiger partial charge in [-0.1, -0.05) is 23.9 Å². The molecule has 3 unspecified atom stereocenters. The molecule has 32 heavy (non-hydrogen) atoms. The Morgan fingerprint density at radius 3 is 2.69 bits per heavy atom. The van der Waals surface area contributed by atoms with E-state index < -0.39 is 0 Å². The molecule has 2 aromatic heterocycles. The number of carbonyl (C=O) groups excluding carboxylic acids is 1. The maximum Gasteiger partial charge on any atom is 0.219 e. The van der Waals surface area contributed by atoms with Crippen LogP contribution in [0.2, 0.25) is 0 Å². The lowest BCUT2D eigenvalue weighted by molar-refractivity contribution is -0.128. The van der Waals surface area contributed by atoms with Gasteiger partial charge < -0.3 is 19.7 Å². The Morgan fingerprint density at radius 1 is 1.28 bits per heavy atom. The summed E-state index contributed by atoms with van der Waals surface area (Å²) < 4.78 is 7.68. The molecule has 1 aliphatic carbocycles. The number of carbonyl (C=O) groups is 1. The van der Waals surface area contributed by atoms with Gasteiger partial charge in [0.1, 0.15) is 11.5 Å². The van der Waals surface area contributed by atoms with Crippen LogP contribution in [0.3, 0.4) is 0 Å². The summed E-state index contributed by atoms with van der Waals surface area (Å²) in [6, 6.07) is 9.87. The molecule has 164 valence electrons. The van der Waals surface area contributed by atoms with Gasteiger partial charge in [-0.05, 0) is 36.1 Å². The van der Waals surface area contributed by atoms with E-state index in [0.717, 1.165) is 42.2 Å². The minimum atomic E-state index is -0.105. The molecule has 5 rings (SSSR count). The zero-order valence-electron chi connectivity index (χ0n) is 18.4. The minimum absolute atomic E-state index is 0.105. The molecule has 3 atom stereocenters. The number of hydrogen-bond acceptors (Lipinski definition) is 5. The fourth-order valence-corrected chi connectivity index (χ4v) is 4.74. The maximum atomic E-state index is 11.5. The summed E-state index contributed by atoms with van der Waals surface area (Å²) in [7, 11) is 0. The third kappa shape index (κ3) is 3.71. The van der Waals surface area contributed by atoms with Crippen LogP contribution in [0.5, 0.6) is 0 Å². The molecule has 3 heterocycles. The highest BCUT2D eigenvalue weighted by Gasteiger charge is 2.55. The molecule has 7 nitrogen and oxygen atoms in total. The molecule has 1 saturated heterocycles. The summed E-state index contributed by atoms with van der Waals surface area (Å²) in [4.78, 5) is 17.8. The Morgan fingerprint density at radius 2 is 2.03 bits per heavy atom. The Bertz CT molecular complexity index is 1170. The first kappa shape index (κ1) is 20.5. The number of hydrogen-bond donors (Lipinski definition) is 1. The highest BCUT2D eigenvalue weighted by molar-refractivity contribution is 5.74. The molecule has 7 heteroatoms. The Hall–Kier alpha value is -3.37. The van der Waals surface area contributed by atoms with E-state index in [-0.39, 0.29) is 11.9 Å². The molecule has 1 amide bonds. The van der Waals surface area contributed by atoms with Gasteiger partial charge in [-0.25, -0.2) is 4.98 Å². The molecule has 0 radical (unpaired) electrons. The van der Waals surface area contributed by atoms with Crippen LogP contribution in [0.1, 0.15) is 37.0 Å². The molecular formula is C25H27N5O2. The summed E-state index contributed by atoms with van der Waals surface area (Å²) in [5.74, 6) is 10.1. The van der Waals surface area contributed by atoms with Crippen molar-refractivity contribution in [2.75, 3.05) is 19.6 Å². The maximum absolute atomic E-state index is 11.5. The fourth-order valence-electron chi connectivity index (χ4n) is 4.74. The molecule has 2 N–H and O–H groups in total. The number of nitrogens with zero attached hydrogens (tertiary/aromatic N) is 4. The molecule has 3 aromatic rings. The van der Waals surface area contributed by atoms with Gasteiger partial charge in [0, 0.05) is 68.5 Å². The van der Waals surface area contributed by atoms with E-state index in [9.17, 15) is 4.79 Å². The second-order valence-electron chi connectivity index (χ2n) is 8.60. The topological polar surface area (TPSA) is 90.2 Å². The molecule has 1 saturated carbocycles. The smallest absolute Gasteiger partial charge is 0.219 e. The molecule has 0 bridgehead atoms. The average molecular weight is 430 g/mol. The summed E-state index contributed by atoms with van der Waals surface area (Å²) in [5.41, 5.74) is 8.76. The van der Waals surface area contributed by atoms with Crippen molar-refractivity contribution < 1.29 is 9.32 Å². The predicted molar refractivity (Wildman–Crippen MR) is 120 cm³/mol. The summed E-state index contributed by atoms with van der Waals surface area (Å²) in [6.45, 7) is 5.84. The molecule has 0 spiro atoms. The zero-order chi connectivity index (χ0) is 22.2. The summed E-state index contributed by atoms with van der Waals surface area (Å²) in [5, 5.41) is 4.28. The average Bonchev–Trinajstić information content (AvgIpc) is 3.31. The van der Waals surface area contributed by atoms with E-state index in [4.69, 9.17) is 10.3 Å². The van der Waals surface area contributed by atoms with E-state index >= 15 is 0 Å². The quantitative estimate of drug-likeness (QED) is 0.630. The van der Waals surface area contributed by atoms with Gasteiger partial charge in [-0.15, -0.1) is 0 Å². The van der Waals surface area contributed by atoms with Crippen LogP contribution in [0.25, 0.3) is 11.3 Å². The SMILES string of the molecule is CCc1nccn1C(CN)c1cc(-c2ccc(C#CC3C4CN(C(C)=O)CC34)cc2)on1. The number of aromatic nitrogens is 3. The first-order valence-corrected chi connectivity index (χ1v) is 11.1. The molecule has 1 aliphatic heterocycles. The zero-order valence-corrected chi connectivity index (χ0v) is 18.4. The van der Waals surface area contributed by atoms with Gasteiger partial charge in [0.15, 0.2) is 5.76 Å². The van der Waals surface area contributed by atoms with E-state index in [2.05, 4.69) is 33.5 Å². The number of piperidine rings is 1. The Labute approximate surface area is 187 Å². The van der Waals surface area contributed by atoms with Crippen LogP contribution in [-0.4, -0.2) is 45.1 Å². The predicted octanol–water partition coefficient (Wildman–Crippen LogP) is 2.72. The van der Waals surface area contributed by atoms with E-state index in [1.54, 1.807) is 13.1 Å². The standard InChI is InChI=1S/C25H27N5O2/c1-3-25-27-10-11-30(25)23(13-26)22-12-24(32-28-22)18-7-4-17(5-8-18)6-9-19-20-14-29(16(2)31)15-21(19)20/h4-5,7-8,10-12,19-21,23H,3,13-15,26H2,1-2H3. The summed E-state index contributed by atoms with van der Waals surface area (Å²) in [6.07, 6.45) is 4.55. The number of likely N-dealkylation sites (tertiary alicyclic amines) is 1. The van der Waals surface area contributed by atoms with Crippen molar-refractivity contribution in [2.24, 2.45) is 23.5 Å². The largest absolute Gasteiger partial charge is 0.356 e. The Kier molecular flexibility index (Phi) is 5.32. The number of amides is 1. The lowest BCUT2D eigenvalue weighted by Gasteiger charge is -2.15. The number of nitrogens with two attached hydrogens (primary N) is 1. The minimum Gasteiger partial charge on any atom is -0.356 e. The van der Waals surface area contributed by atoms with Crippen molar-refractivity contribution in [3.8, 4) is 23.2 Å². The van der Waals surface area contributed by atoms with Gasteiger partial charge in [-0.3, -0.25) is 4.79 Å². The number of rotatable bonds is 5. The van der Waals surface area contributed by atoms with Crippen LogP contribution in [0, 0.1) is 29.6 Å². The lowest BCUT2D eigenvalue weighted by Crippen LogP contribution is -2.28. The monoisotopic (exact) mass is 429 g/mol. The van der Waals surface area contributed by atoms with Crippen molar-refractivity contribution in [1.82, 2.24) is 19.6 Å². The first-order valence-electron chi connectivity index (χ1n) is 11.1. The van der Waals surface area contributed by atoms with Gasteiger partial charge in [-0.2, -0.15) is 0 Å². The fraction of sp³-hybridized carbons (Fsp3) is 0.400. The molecular weight excluding hydrogens is 402 g/mol. The van der Waals surface area contributed by atoms with Gasteiger partial charge in [0.25, 0.3) is 0 Å². The van der Waals surface area contributed by atoms with Gasteiger partial charge >= 0.3 is 0 Å². The third-order valence-corrected chi connectivity index (χ3v) is 6.69. The number of fused-ring (bicyclic) bond motifs is 1. The second-order valence-corrected chi connectivity index (χ2v) is 8.60. The van der Waals surface area contributed by atoms with Crippen molar-refractivity contribution >= 4 is 5.91 Å². The van der Waals surface area contributed by atoms with E-state index in [1.807, 2.05) is 41.4 Å². The van der Waals surface area contributed by atoms with Gasteiger partial charge in [0.05, 0.1) is 6.04 Å². The third-order valence-electron chi connectivity index (χ3n) is 6.69. The summed E-state index contributed by atoms with van der Waals surface area (Å²) >= 11 is 0. The highest BCUT2D eigenvalue weighted by Crippen LogP contribution is 2.51. The van der Waals surface area contributed by atoms with Gasteiger partial charge in [0.2, 0.25) is 5.91 Å². The Balaban J connectivity index is 1.26. The second kappa shape index (κ2) is 8.29. The lowest BCUT2D eigenvalue weighted by atomic mass is 10.1. The van der Waals surface area contributed by atoms with E-state index in [0.29, 0.717) is 30.1 Å². The number of benzene rings is 1. The van der Waals surface area contributed by atoms with Crippen LogP contribution in [0.4, 0.5) is 0 Å². The van der Waals surface area contributed by atoms with Crippen LogP contribution >= 0.6 is 0 Å². The molecule has 2 aliphatic rings. The van der Waals surface area contributed by atoms with Crippen molar-refractivity contribution in [1.29, 1.82) is 0 Å². The van der Waals surface area contributed by atoms with Crippen molar-refractivity contribution in [3.63, 3.8) is 0 Å². The first-order chi connectivity index (χ1) is 15.6. The van der Waals surface area contributed by atoms with Crippen LogP contribution in [0.15, 0.2) is 47.2 Å². The molecule has 2 fully saturated rings. The van der Waals surface area contributed by atoms with E-state index in [1.165, 1.54) is 0 Å². The molecule has 1 aromatic carbocycles. The van der Waals surface area contributed by atoms with Crippen LogP contribution < -0.4 is 5.73 Å². The number of aryl methyl sites for hydroxylation is 1. The highest BCUT2D eigenvalue weighted by atomic mass is 16.5. The van der Waals surface area contributed by atoms with Crippen molar-refractivity contribution in [2.45, 2.75) is 26.3 Å².